The molecule has 0 aromatic heterocycles. The normalized spacial score (nSPS) is 15.3. The van der Waals surface area contributed by atoms with E-state index < -0.39 is 6.23 Å². The van der Waals surface area contributed by atoms with Gasteiger partial charge in [-0.15, -0.1) is 5.10 Å². The molecular weight excluding hydrogens is 454 g/mol. The number of benzene rings is 2. The summed E-state index contributed by atoms with van der Waals surface area (Å²) in [7, 11) is 3.08. The topological polar surface area (TPSA) is 80.7 Å². The highest BCUT2D eigenvalue weighted by molar-refractivity contribution is 9.10. The van der Waals surface area contributed by atoms with Gasteiger partial charge in [-0.05, 0) is 42.5 Å². The van der Waals surface area contributed by atoms with Gasteiger partial charge in [0.2, 0.25) is 23.9 Å². The van der Waals surface area contributed by atoms with E-state index in [4.69, 9.17) is 14.2 Å². The zero-order valence-electron chi connectivity index (χ0n) is 17.1. The van der Waals surface area contributed by atoms with Crippen molar-refractivity contribution >= 4 is 39.3 Å². The summed E-state index contributed by atoms with van der Waals surface area (Å²) >= 11 is 3.39. The molecule has 0 N–H and O–H groups in total. The minimum Gasteiger partial charge on any atom is -0.493 e. The van der Waals surface area contributed by atoms with E-state index in [0.717, 1.165) is 4.47 Å². The molecule has 0 aliphatic carbocycles. The second-order valence-electron chi connectivity index (χ2n) is 6.52. The molecule has 158 valence electrons. The number of rotatable bonds is 6. The van der Waals surface area contributed by atoms with Crippen LogP contribution in [-0.4, -0.2) is 49.7 Å². The van der Waals surface area contributed by atoms with Crippen LogP contribution in [0.2, 0.25) is 0 Å². The highest BCUT2D eigenvalue weighted by Gasteiger charge is 2.34. The summed E-state index contributed by atoms with van der Waals surface area (Å²) in [6.45, 7) is 2.98. The Kier molecular flexibility index (Phi) is 6.61. The maximum absolute atomic E-state index is 12.3. The van der Waals surface area contributed by atoms with Gasteiger partial charge < -0.3 is 19.1 Å². The number of anilines is 1. The summed E-state index contributed by atoms with van der Waals surface area (Å²) in [6.07, 6.45) is -0.766. The molecule has 0 fully saturated rings. The molecule has 8 nitrogen and oxygen atoms in total. The minimum atomic E-state index is -0.766. The number of hydrogen-bond acceptors (Lipinski definition) is 6. The van der Waals surface area contributed by atoms with Gasteiger partial charge in [0, 0.05) is 29.6 Å². The van der Waals surface area contributed by atoms with E-state index >= 15 is 0 Å². The summed E-state index contributed by atoms with van der Waals surface area (Å²) in [4.78, 5) is 26.0. The molecule has 9 heteroatoms. The summed E-state index contributed by atoms with van der Waals surface area (Å²) in [5, 5.41) is 5.56. The van der Waals surface area contributed by atoms with E-state index in [2.05, 4.69) is 21.0 Å². The number of methoxy groups -OCH3 is 2. The molecule has 2 aromatic carbocycles. The van der Waals surface area contributed by atoms with Gasteiger partial charge >= 0.3 is 0 Å². The molecule has 0 unspecified atom stereocenters. The van der Waals surface area contributed by atoms with Crippen LogP contribution in [0.15, 0.2) is 52.0 Å². The second kappa shape index (κ2) is 9.17. The van der Waals surface area contributed by atoms with Crippen LogP contribution in [0.3, 0.4) is 0 Å². The zero-order chi connectivity index (χ0) is 21.8. The third-order valence-corrected chi connectivity index (χ3v) is 5.06. The van der Waals surface area contributed by atoms with Crippen molar-refractivity contribution < 1.29 is 23.8 Å². The Hall–Kier alpha value is -3.07. The van der Waals surface area contributed by atoms with Crippen molar-refractivity contribution in [3.8, 4) is 11.5 Å². The third-order valence-electron chi connectivity index (χ3n) is 4.53. The highest BCUT2D eigenvalue weighted by atomic mass is 79.9. The van der Waals surface area contributed by atoms with E-state index in [0.29, 0.717) is 22.7 Å². The van der Waals surface area contributed by atoms with Crippen LogP contribution < -0.4 is 14.4 Å². The maximum atomic E-state index is 12.3. The van der Waals surface area contributed by atoms with Crippen molar-refractivity contribution in [2.45, 2.75) is 20.1 Å². The Balaban J connectivity index is 1.87. The van der Waals surface area contributed by atoms with Gasteiger partial charge in [-0.3, -0.25) is 9.59 Å². The SMILES string of the molecule is COc1ccc(C2=NN(C(C)=O)[C@@H](CN(C(C)=O)c3ccc(Br)cc3)O2)cc1OC. The number of hydrazone groups is 1. The number of carbonyl (C=O) groups is 2. The van der Waals surface area contributed by atoms with Crippen molar-refractivity contribution in [2.75, 3.05) is 25.7 Å². The monoisotopic (exact) mass is 475 g/mol. The summed E-state index contributed by atoms with van der Waals surface area (Å²) in [5.41, 5.74) is 1.32. The fourth-order valence-corrected chi connectivity index (χ4v) is 3.30. The van der Waals surface area contributed by atoms with Gasteiger partial charge in [-0.25, -0.2) is 0 Å². The molecule has 0 bridgehead atoms. The Bertz CT molecular complexity index is 977. The predicted molar refractivity (Wildman–Crippen MR) is 116 cm³/mol. The van der Waals surface area contributed by atoms with Gasteiger partial charge in [-0.2, -0.15) is 5.01 Å². The summed E-state index contributed by atoms with van der Waals surface area (Å²) in [5.74, 6) is 0.867. The molecule has 0 radical (unpaired) electrons. The summed E-state index contributed by atoms with van der Waals surface area (Å²) < 4.78 is 17.5. The molecule has 2 aromatic rings. The molecule has 1 aliphatic heterocycles. The van der Waals surface area contributed by atoms with Gasteiger partial charge in [0.15, 0.2) is 11.5 Å². The fraction of sp³-hybridized carbons (Fsp3) is 0.286. The minimum absolute atomic E-state index is 0.122. The number of hydrogen-bond donors (Lipinski definition) is 0. The smallest absolute Gasteiger partial charge is 0.243 e. The first kappa shape index (κ1) is 21.6. The Morgan fingerprint density at radius 3 is 2.33 bits per heavy atom. The molecule has 1 aliphatic rings. The lowest BCUT2D eigenvalue weighted by Crippen LogP contribution is -2.44. The van der Waals surface area contributed by atoms with E-state index in [9.17, 15) is 9.59 Å². The number of nitrogens with zero attached hydrogens (tertiary/aromatic N) is 3. The average molecular weight is 476 g/mol. The molecule has 30 heavy (non-hydrogen) atoms. The number of carbonyl (C=O) groups excluding carboxylic acids is 2. The van der Waals surface area contributed by atoms with Gasteiger partial charge in [0.1, 0.15) is 0 Å². The molecule has 1 heterocycles. The Morgan fingerprint density at radius 2 is 1.77 bits per heavy atom. The lowest BCUT2D eigenvalue weighted by atomic mass is 10.2. The lowest BCUT2D eigenvalue weighted by Gasteiger charge is -2.27. The van der Waals surface area contributed by atoms with Crippen molar-refractivity contribution in [3.05, 3.63) is 52.5 Å². The van der Waals surface area contributed by atoms with E-state index in [1.54, 1.807) is 30.2 Å². The molecule has 0 saturated carbocycles. The fourth-order valence-electron chi connectivity index (χ4n) is 3.04. The van der Waals surface area contributed by atoms with Crippen LogP contribution in [0.5, 0.6) is 11.5 Å². The molecule has 3 rings (SSSR count). The molecule has 2 amide bonds. The van der Waals surface area contributed by atoms with Crippen LogP contribution in [0.4, 0.5) is 5.69 Å². The molecule has 0 saturated heterocycles. The van der Waals surface area contributed by atoms with Gasteiger partial charge in [-0.1, -0.05) is 15.9 Å². The highest BCUT2D eigenvalue weighted by Crippen LogP contribution is 2.30. The number of halogens is 1. The Labute approximate surface area is 183 Å². The Morgan fingerprint density at radius 1 is 1.10 bits per heavy atom. The van der Waals surface area contributed by atoms with Crippen LogP contribution in [0.1, 0.15) is 19.4 Å². The lowest BCUT2D eigenvalue weighted by molar-refractivity contribution is -0.135. The average Bonchev–Trinajstić information content (AvgIpc) is 3.16. The van der Waals surface area contributed by atoms with Crippen molar-refractivity contribution in [3.63, 3.8) is 0 Å². The first-order valence-electron chi connectivity index (χ1n) is 9.15. The van der Waals surface area contributed by atoms with Crippen molar-refractivity contribution in [1.29, 1.82) is 0 Å². The predicted octanol–water partition coefficient (Wildman–Crippen LogP) is 3.39. The van der Waals surface area contributed by atoms with Crippen molar-refractivity contribution in [2.24, 2.45) is 5.10 Å². The first-order chi connectivity index (χ1) is 14.3. The van der Waals surface area contributed by atoms with Crippen LogP contribution in [0, 0.1) is 0 Å². The first-order valence-corrected chi connectivity index (χ1v) is 9.94. The van der Waals surface area contributed by atoms with Crippen LogP contribution in [-0.2, 0) is 14.3 Å². The van der Waals surface area contributed by atoms with E-state index in [1.807, 2.05) is 24.3 Å². The summed E-state index contributed by atoms with van der Waals surface area (Å²) in [6, 6.07) is 12.5. The van der Waals surface area contributed by atoms with E-state index in [-0.39, 0.29) is 24.3 Å². The second-order valence-corrected chi connectivity index (χ2v) is 7.43. The quantitative estimate of drug-likeness (QED) is 0.639. The zero-order valence-corrected chi connectivity index (χ0v) is 18.7. The van der Waals surface area contributed by atoms with Crippen LogP contribution >= 0.6 is 15.9 Å². The number of ether oxygens (including phenoxy) is 3. The van der Waals surface area contributed by atoms with Gasteiger partial charge in [0.05, 0.1) is 20.8 Å². The standard InChI is InChI=1S/C21H22BrN3O5/c1-13(26)24(17-8-6-16(22)7-9-17)12-20-25(14(2)27)23-21(30-20)15-5-10-18(28-3)19(11-15)29-4/h5-11,20H,12H2,1-4H3/t20-/m1/s1. The number of amides is 2. The largest absolute Gasteiger partial charge is 0.493 e. The van der Waals surface area contributed by atoms with Crippen molar-refractivity contribution in [1.82, 2.24) is 5.01 Å². The molecular formula is C21H22BrN3O5. The van der Waals surface area contributed by atoms with Crippen LogP contribution in [0.25, 0.3) is 0 Å². The third kappa shape index (κ3) is 4.56. The molecule has 0 spiro atoms. The molecule has 1 atom stereocenters. The van der Waals surface area contributed by atoms with E-state index in [1.165, 1.54) is 26.0 Å². The van der Waals surface area contributed by atoms with Gasteiger partial charge in [0.25, 0.3) is 0 Å². The maximum Gasteiger partial charge on any atom is 0.243 e.